The molecule has 0 spiro atoms. The van der Waals surface area contributed by atoms with E-state index in [9.17, 15) is 4.79 Å². The molecule has 0 bridgehead atoms. The lowest BCUT2D eigenvalue weighted by Gasteiger charge is -2.22. The van der Waals surface area contributed by atoms with Gasteiger partial charge in [-0.1, -0.05) is 0 Å². The van der Waals surface area contributed by atoms with Crippen LogP contribution in [0.25, 0.3) is 0 Å². The van der Waals surface area contributed by atoms with E-state index < -0.39 is 0 Å². The summed E-state index contributed by atoms with van der Waals surface area (Å²) < 4.78 is 0. The molecule has 1 atom stereocenters. The van der Waals surface area contributed by atoms with Crippen LogP contribution >= 0.6 is 11.8 Å². The summed E-state index contributed by atoms with van der Waals surface area (Å²) >= 11 is 1.93. The van der Waals surface area contributed by atoms with E-state index in [1.54, 1.807) is 12.4 Å². The highest BCUT2D eigenvalue weighted by Crippen LogP contribution is 2.18. The monoisotopic (exact) mass is 211 g/mol. The maximum Gasteiger partial charge on any atom is 0.290 e. The molecule has 2 rings (SSSR count). The zero-order valence-electron chi connectivity index (χ0n) is 7.82. The highest BCUT2D eigenvalue weighted by Gasteiger charge is 2.14. The third-order valence-corrected chi connectivity index (χ3v) is 3.42. The fourth-order valence-corrected chi connectivity index (χ4v) is 2.57. The lowest BCUT2D eigenvalue weighted by Crippen LogP contribution is -2.29. The highest BCUT2D eigenvalue weighted by atomic mass is 32.2. The zero-order chi connectivity index (χ0) is 9.80. The third kappa shape index (κ3) is 2.29. The summed E-state index contributed by atoms with van der Waals surface area (Å²) in [6.07, 6.45) is 5.49. The third-order valence-electron chi connectivity index (χ3n) is 2.21. The van der Waals surface area contributed by atoms with Crippen molar-refractivity contribution in [3.8, 4) is 0 Å². The van der Waals surface area contributed by atoms with Crippen LogP contribution in [0.15, 0.2) is 17.2 Å². The summed E-state index contributed by atoms with van der Waals surface area (Å²) in [6, 6.07) is 0.393. The second-order valence-corrected chi connectivity index (χ2v) is 4.48. The number of nitrogens with one attached hydrogen (secondary N) is 2. The Balaban J connectivity index is 2.03. The quantitative estimate of drug-likeness (QED) is 0.768. The van der Waals surface area contributed by atoms with Gasteiger partial charge in [0.05, 0.1) is 0 Å². The molecule has 0 radical (unpaired) electrons. The van der Waals surface area contributed by atoms with Crippen molar-refractivity contribution in [2.75, 3.05) is 16.8 Å². The van der Waals surface area contributed by atoms with Gasteiger partial charge in [0.1, 0.15) is 0 Å². The van der Waals surface area contributed by atoms with E-state index >= 15 is 0 Å². The van der Waals surface area contributed by atoms with E-state index in [-0.39, 0.29) is 5.56 Å². The minimum Gasteiger partial charge on any atom is -0.362 e. The summed E-state index contributed by atoms with van der Waals surface area (Å²) in [4.78, 5) is 17.9. The van der Waals surface area contributed by atoms with Crippen molar-refractivity contribution >= 4 is 17.6 Å². The van der Waals surface area contributed by atoms with Gasteiger partial charge in [0, 0.05) is 24.2 Å². The molecule has 2 heterocycles. The summed E-state index contributed by atoms with van der Waals surface area (Å²) in [5.74, 6) is 2.74. The normalized spacial score (nSPS) is 21.9. The Morgan fingerprint density at radius 1 is 1.64 bits per heavy atom. The number of thioether (sulfide) groups is 1. The topological polar surface area (TPSA) is 57.8 Å². The Labute approximate surface area is 86.5 Å². The van der Waals surface area contributed by atoms with Gasteiger partial charge in [0.2, 0.25) is 0 Å². The molecule has 1 aromatic rings. The molecule has 4 nitrogen and oxygen atoms in total. The van der Waals surface area contributed by atoms with Gasteiger partial charge in [-0.05, 0) is 18.6 Å². The van der Waals surface area contributed by atoms with Gasteiger partial charge in [0.15, 0.2) is 5.82 Å². The van der Waals surface area contributed by atoms with Crippen molar-refractivity contribution in [1.82, 2.24) is 9.97 Å². The maximum atomic E-state index is 11.3. The van der Waals surface area contributed by atoms with Crippen LogP contribution in [0.4, 0.5) is 5.82 Å². The average molecular weight is 211 g/mol. The smallest absolute Gasteiger partial charge is 0.290 e. The molecule has 2 N–H and O–H groups in total. The van der Waals surface area contributed by atoms with Crippen molar-refractivity contribution < 1.29 is 0 Å². The second kappa shape index (κ2) is 4.50. The van der Waals surface area contributed by atoms with Crippen LogP contribution in [0.3, 0.4) is 0 Å². The first kappa shape index (κ1) is 9.58. The van der Waals surface area contributed by atoms with Crippen LogP contribution in [0, 0.1) is 0 Å². The Bertz CT molecular complexity index is 346. The Morgan fingerprint density at radius 2 is 2.57 bits per heavy atom. The number of rotatable bonds is 2. The molecule has 0 saturated carbocycles. The number of aromatic nitrogens is 2. The van der Waals surface area contributed by atoms with Crippen LogP contribution in [0.5, 0.6) is 0 Å². The van der Waals surface area contributed by atoms with Crippen molar-refractivity contribution in [1.29, 1.82) is 0 Å². The Morgan fingerprint density at radius 3 is 3.29 bits per heavy atom. The van der Waals surface area contributed by atoms with Gasteiger partial charge in [0.25, 0.3) is 5.56 Å². The lowest BCUT2D eigenvalue weighted by atomic mass is 10.2. The lowest BCUT2D eigenvalue weighted by molar-refractivity contribution is 0.681. The van der Waals surface area contributed by atoms with E-state index in [0.29, 0.717) is 11.9 Å². The van der Waals surface area contributed by atoms with Gasteiger partial charge in [-0.15, -0.1) is 0 Å². The maximum absolute atomic E-state index is 11.3. The minimum atomic E-state index is -0.136. The van der Waals surface area contributed by atoms with Crippen molar-refractivity contribution in [3.63, 3.8) is 0 Å². The van der Waals surface area contributed by atoms with E-state index in [2.05, 4.69) is 15.3 Å². The second-order valence-electron chi connectivity index (χ2n) is 3.33. The number of hydrogen-bond acceptors (Lipinski definition) is 4. The van der Waals surface area contributed by atoms with E-state index in [4.69, 9.17) is 0 Å². The highest BCUT2D eigenvalue weighted by molar-refractivity contribution is 7.99. The molecule has 0 aromatic carbocycles. The predicted octanol–water partition coefficient (Wildman–Crippen LogP) is 1.08. The molecule has 1 aliphatic rings. The molecular weight excluding hydrogens is 198 g/mol. The molecule has 5 heteroatoms. The Kier molecular flexibility index (Phi) is 3.08. The average Bonchev–Trinajstić information content (AvgIpc) is 2.23. The SMILES string of the molecule is O=c1[nH]ccnc1NC1CCCSC1. The first-order valence-electron chi connectivity index (χ1n) is 4.74. The van der Waals surface area contributed by atoms with Gasteiger partial charge >= 0.3 is 0 Å². The van der Waals surface area contributed by atoms with Crippen LogP contribution < -0.4 is 10.9 Å². The molecule has 1 aliphatic heterocycles. The summed E-state index contributed by atoms with van der Waals surface area (Å²) in [7, 11) is 0. The van der Waals surface area contributed by atoms with Gasteiger partial charge in [-0.25, -0.2) is 4.98 Å². The molecular formula is C9H13N3OS. The molecule has 0 aliphatic carbocycles. The van der Waals surface area contributed by atoms with Gasteiger partial charge < -0.3 is 10.3 Å². The number of anilines is 1. The number of nitrogens with zero attached hydrogens (tertiary/aromatic N) is 1. The first-order valence-corrected chi connectivity index (χ1v) is 5.90. The van der Waals surface area contributed by atoms with Crippen LogP contribution in [0.1, 0.15) is 12.8 Å². The predicted molar refractivity (Wildman–Crippen MR) is 58.8 cm³/mol. The van der Waals surface area contributed by atoms with Gasteiger partial charge in [-0.3, -0.25) is 4.79 Å². The molecule has 0 amide bonds. The fraction of sp³-hybridized carbons (Fsp3) is 0.556. The Hall–Kier alpha value is -0.970. The molecule has 1 saturated heterocycles. The number of hydrogen-bond donors (Lipinski definition) is 2. The summed E-state index contributed by atoms with van der Waals surface area (Å²) in [6.45, 7) is 0. The molecule has 1 fully saturated rings. The van der Waals surface area contributed by atoms with Crippen molar-refractivity contribution in [2.45, 2.75) is 18.9 Å². The van der Waals surface area contributed by atoms with Crippen LogP contribution in [-0.2, 0) is 0 Å². The van der Waals surface area contributed by atoms with Crippen LogP contribution in [-0.4, -0.2) is 27.5 Å². The van der Waals surface area contributed by atoms with Crippen LogP contribution in [0.2, 0.25) is 0 Å². The first-order chi connectivity index (χ1) is 6.86. The van der Waals surface area contributed by atoms with E-state index in [1.807, 2.05) is 11.8 Å². The minimum absolute atomic E-state index is 0.136. The fourth-order valence-electron chi connectivity index (χ4n) is 1.50. The van der Waals surface area contributed by atoms with Crippen molar-refractivity contribution in [2.24, 2.45) is 0 Å². The standard InChI is InChI=1S/C9H13N3OS/c13-9-8(10-3-4-11-9)12-7-2-1-5-14-6-7/h3-4,7H,1-2,5-6H2,(H,10,12)(H,11,13). The number of H-pyrrole nitrogens is 1. The van der Waals surface area contributed by atoms with E-state index in [0.717, 1.165) is 12.2 Å². The molecule has 76 valence electrons. The summed E-state index contributed by atoms with van der Waals surface area (Å²) in [5.41, 5.74) is -0.136. The number of aromatic amines is 1. The van der Waals surface area contributed by atoms with Gasteiger partial charge in [-0.2, -0.15) is 11.8 Å². The van der Waals surface area contributed by atoms with Crippen molar-refractivity contribution in [3.05, 3.63) is 22.7 Å². The summed E-state index contributed by atoms with van der Waals surface area (Å²) in [5, 5.41) is 3.17. The molecule has 1 unspecified atom stereocenters. The van der Waals surface area contributed by atoms with E-state index in [1.165, 1.54) is 12.2 Å². The molecule has 14 heavy (non-hydrogen) atoms. The zero-order valence-corrected chi connectivity index (χ0v) is 8.64. The largest absolute Gasteiger partial charge is 0.362 e. The molecule has 1 aromatic heterocycles.